The van der Waals surface area contributed by atoms with E-state index in [1.807, 2.05) is 24.3 Å². The first kappa shape index (κ1) is 36.3. The van der Waals surface area contributed by atoms with Crippen molar-refractivity contribution in [2.24, 2.45) is 0 Å². The van der Waals surface area contributed by atoms with Crippen LogP contribution in [-0.2, 0) is 30.8 Å². The number of carboxylic acids is 3. The molecule has 0 aliphatic heterocycles. The van der Waals surface area contributed by atoms with E-state index in [0.29, 0.717) is 17.8 Å². The fourth-order valence-corrected chi connectivity index (χ4v) is 4.55. The fraction of sp³-hybridized carbons (Fsp3) is 0.667. The van der Waals surface area contributed by atoms with Crippen LogP contribution in [0.2, 0.25) is 0 Å². The molecule has 2 atom stereocenters. The molecule has 0 amide bonds. The van der Waals surface area contributed by atoms with Crippen LogP contribution in [0.1, 0.15) is 90.5 Å². The number of hydrogen-bond donors (Lipinski definition) is 6. The van der Waals surface area contributed by atoms with Crippen molar-refractivity contribution in [1.82, 2.24) is 5.32 Å². The van der Waals surface area contributed by atoms with Crippen molar-refractivity contribution < 1.29 is 43.2 Å². The van der Waals surface area contributed by atoms with Gasteiger partial charge in [-0.15, -0.1) is 0 Å². The molecule has 0 aromatic heterocycles. The van der Waals surface area contributed by atoms with Crippen LogP contribution >= 0.6 is 0 Å². The summed E-state index contributed by atoms with van der Waals surface area (Å²) in [5.74, 6) is -5.02. The Hall–Kier alpha value is -2.70. The van der Waals surface area contributed by atoms with Gasteiger partial charge in [0.2, 0.25) is 10.0 Å². The molecule has 39 heavy (non-hydrogen) atoms. The van der Waals surface area contributed by atoms with E-state index < -0.39 is 46.4 Å². The summed E-state index contributed by atoms with van der Waals surface area (Å²) in [6, 6.07) is 8.87. The molecular weight excluding hydrogens is 528 g/mol. The molecule has 0 radical (unpaired) electrons. The predicted molar refractivity (Wildman–Crippen MR) is 150 cm³/mol. The first-order chi connectivity index (χ1) is 18.1. The van der Waals surface area contributed by atoms with Gasteiger partial charge in [-0.05, 0) is 56.7 Å². The lowest BCUT2D eigenvalue weighted by Gasteiger charge is -2.22. The van der Waals surface area contributed by atoms with Gasteiger partial charge in [-0.25, -0.2) is 13.2 Å². The van der Waals surface area contributed by atoms with Crippen LogP contribution in [0.3, 0.4) is 0 Å². The molecule has 1 rings (SSSR count). The second-order valence-electron chi connectivity index (χ2n) is 9.96. The molecule has 0 aliphatic carbocycles. The zero-order valence-electron chi connectivity index (χ0n) is 23.5. The minimum Gasteiger partial charge on any atom is -0.481 e. The van der Waals surface area contributed by atoms with Gasteiger partial charge in [-0.1, -0.05) is 51.7 Å². The molecule has 1 aromatic carbocycles. The average molecular weight is 575 g/mol. The zero-order chi connectivity index (χ0) is 30.1. The van der Waals surface area contributed by atoms with Crippen molar-refractivity contribution in [2.45, 2.75) is 109 Å². The summed E-state index contributed by atoms with van der Waals surface area (Å²) < 4.78 is 24.9. The minimum absolute atomic E-state index is 0.539. The second-order valence-corrected chi connectivity index (χ2v) is 11.7. The van der Waals surface area contributed by atoms with E-state index in [2.05, 4.69) is 30.8 Å². The van der Waals surface area contributed by atoms with Crippen LogP contribution in [0.15, 0.2) is 24.3 Å². The van der Waals surface area contributed by atoms with Crippen molar-refractivity contribution in [3.05, 3.63) is 29.8 Å². The molecule has 0 fully saturated rings. The number of carbonyl (C=O) groups is 3. The van der Waals surface area contributed by atoms with Crippen LogP contribution in [0.25, 0.3) is 0 Å². The fourth-order valence-electron chi connectivity index (χ4n) is 3.99. The number of aliphatic hydroxyl groups is 1. The first-order valence-electron chi connectivity index (χ1n) is 13.3. The molecule has 0 spiro atoms. The molecule has 0 saturated heterocycles. The second kappa shape index (κ2) is 18.6. The summed E-state index contributed by atoms with van der Waals surface area (Å²) in [5, 5.41) is 37.6. The number of sulfonamides is 1. The first-order valence-corrected chi connectivity index (χ1v) is 15.2. The van der Waals surface area contributed by atoms with Gasteiger partial charge in [0.15, 0.2) is 5.60 Å². The lowest BCUT2D eigenvalue weighted by Crippen LogP contribution is -2.42. The van der Waals surface area contributed by atoms with Gasteiger partial charge in [-0.2, -0.15) is 0 Å². The van der Waals surface area contributed by atoms with Crippen LogP contribution in [0.5, 0.6) is 0 Å². The molecule has 0 heterocycles. The minimum atomic E-state index is -3.20. The van der Waals surface area contributed by atoms with E-state index in [9.17, 15) is 22.8 Å². The standard InChI is InChI=1S/C21H38N2O2S.C6H8O7/c1-5-7-8-9-13-20(6-2)22-18(3)11-10-12-19-14-16-21(17-15-19)23-26(4,24)25;7-3(8)1-6(13,5(11)12)2-4(9)10/h14-18,20,22-23H,5-13H2,1-4H3;13H,1-2H2,(H,7,8)(H,9,10)(H,11,12). The third kappa shape index (κ3) is 18.3. The van der Waals surface area contributed by atoms with Crippen molar-refractivity contribution in [1.29, 1.82) is 0 Å². The number of benzene rings is 1. The number of unbranched alkanes of at least 4 members (excludes halogenated alkanes) is 3. The lowest BCUT2D eigenvalue weighted by atomic mass is 9.96. The van der Waals surface area contributed by atoms with Gasteiger partial charge in [0.1, 0.15) is 0 Å². The molecule has 12 heteroatoms. The maximum absolute atomic E-state index is 11.2. The van der Waals surface area contributed by atoms with Crippen LogP contribution in [-0.4, -0.2) is 70.7 Å². The van der Waals surface area contributed by atoms with Gasteiger partial charge in [0.05, 0.1) is 19.1 Å². The number of anilines is 1. The number of aryl methyl sites for hydroxylation is 1. The maximum Gasteiger partial charge on any atom is 0.336 e. The Bertz CT molecular complexity index is 965. The normalized spacial score (nSPS) is 13.1. The van der Waals surface area contributed by atoms with Crippen LogP contribution in [0, 0.1) is 0 Å². The highest BCUT2D eigenvalue weighted by atomic mass is 32.2. The summed E-state index contributed by atoms with van der Waals surface area (Å²) in [5.41, 5.74) is -0.861. The largest absolute Gasteiger partial charge is 0.481 e. The average Bonchev–Trinajstić information content (AvgIpc) is 2.80. The Kier molecular flexibility index (Phi) is 17.3. The highest BCUT2D eigenvalue weighted by Gasteiger charge is 2.40. The monoisotopic (exact) mass is 574 g/mol. The Labute approximate surface area is 232 Å². The Morgan fingerprint density at radius 1 is 0.897 bits per heavy atom. The molecule has 224 valence electrons. The van der Waals surface area contributed by atoms with Crippen molar-refractivity contribution >= 4 is 33.6 Å². The topological polar surface area (TPSA) is 190 Å². The number of rotatable bonds is 19. The molecule has 0 aliphatic rings. The quantitative estimate of drug-likeness (QED) is 0.132. The van der Waals surface area contributed by atoms with Crippen LogP contribution < -0.4 is 10.0 Å². The van der Waals surface area contributed by atoms with Crippen molar-refractivity contribution in [2.75, 3.05) is 11.0 Å². The van der Waals surface area contributed by atoms with E-state index in [0.717, 1.165) is 19.3 Å². The van der Waals surface area contributed by atoms with Crippen molar-refractivity contribution in [3.63, 3.8) is 0 Å². The molecule has 1 aromatic rings. The summed E-state index contributed by atoms with van der Waals surface area (Å²) in [6.07, 6.45) is 10.0. The molecule has 0 bridgehead atoms. The van der Waals surface area contributed by atoms with Crippen LogP contribution in [0.4, 0.5) is 5.69 Å². The number of hydrogen-bond acceptors (Lipinski definition) is 7. The smallest absolute Gasteiger partial charge is 0.336 e. The zero-order valence-corrected chi connectivity index (χ0v) is 24.3. The van der Waals surface area contributed by atoms with E-state index in [1.165, 1.54) is 50.3 Å². The van der Waals surface area contributed by atoms with Gasteiger partial charge in [-0.3, -0.25) is 14.3 Å². The van der Waals surface area contributed by atoms with Crippen molar-refractivity contribution in [3.8, 4) is 0 Å². The number of carboxylic acid groups (broad SMARTS) is 3. The molecule has 2 unspecified atom stereocenters. The van der Waals surface area contributed by atoms with Gasteiger partial charge in [0.25, 0.3) is 0 Å². The Balaban J connectivity index is 0.000000935. The molecule has 0 saturated carbocycles. The molecular formula is C27H46N2O9S. The number of aliphatic carboxylic acids is 3. The highest BCUT2D eigenvalue weighted by molar-refractivity contribution is 7.92. The summed E-state index contributed by atoms with van der Waals surface area (Å²) in [6.45, 7) is 6.82. The SMILES string of the molecule is CCCCCCC(CC)NC(C)CCCc1ccc(NS(C)(=O)=O)cc1.O=C(O)CC(O)(CC(=O)O)C(=O)O. The summed E-state index contributed by atoms with van der Waals surface area (Å²) in [4.78, 5) is 30.5. The molecule has 11 nitrogen and oxygen atoms in total. The summed E-state index contributed by atoms with van der Waals surface area (Å²) >= 11 is 0. The van der Waals surface area contributed by atoms with Gasteiger partial charge >= 0.3 is 17.9 Å². The van der Waals surface area contributed by atoms with E-state index in [1.54, 1.807) is 0 Å². The highest BCUT2D eigenvalue weighted by Crippen LogP contribution is 2.16. The Morgan fingerprint density at radius 2 is 1.46 bits per heavy atom. The lowest BCUT2D eigenvalue weighted by molar-refractivity contribution is -0.170. The van der Waals surface area contributed by atoms with Gasteiger partial charge < -0.3 is 25.7 Å². The third-order valence-electron chi connectivity index (χ3n) is 6.06. The maximum atomic E-state index is 11.2. The Morgan fingerprint density at radius 3 is 1.90 bits per heavy atom. The summed E-state index contributed by atoms with van der Waals surface area (Å²) in [7, 11) is -3.20. The van der Waals surface area contributed by atoms with E-state index >= 15 is 0 Å². The molecule has 6 N–H and O–H groups in total. The van der Waals surface area contributed by atoms with E-state index in [4.69, 9.17) is 20.4 Å². The predicted octanol–water partition coefficient (Wildman–Crippen LogP) is 3.86. The van der Waals surface area contributed by atoms with Gasteiger partial charge in [0, 0.05) is 17.8 Å². The third-order valence-corrected chi connectivity index (χ3v) is 6.67. The number of nitrogens with one attached hydrogen (secondary N) is 2. The van der Waals surface area contributed by atoms with E-state index in [-0.39, 0.29) is 0 Å².